The Kier molecular flexibility index (Phi) is 2.64. The quantitative estimate of drug-likeness (QED) is 0.785. The van der Waals surface area contributed by atoms with Gasteiger partial charge in [0.05, 0.1) is 18.1 Å². The fourth-order valence-electron chi connectivity index (χ4n) is 2.38. The lowest BCUT2D eigenvalue weighted by molar-refractivity contribution is -0.0150. The summed E-state index contributed by atoms with van der Waals surface area (Å²) >= 11 is 0. The van der Waals surface area contributed by atoms with Gasteiger partial charge in [0.1, 0.15) is 0 Å². The Hall–Kier alpha value is -0.760. The summed E-state index contributed by atoms with van der Waals surface area (Å²) in [5.41, 5.74) is 0.339. The molecule has 78 valence electrons. The lowest BCUT2D eigenvalue weighted by atomic mass is 9.75. The summed E-state index contributed by atoms with van der Waals surface area (Å²) in [5, 5.41) is 10.4. The third kappa shape index (κ3) is 1.71. The van der Waals surface area contributed by atoms with E-state index in [2.05, 4.69) is 6.92 Å². The van der Waals surface area contributed by atoms with Crippen LogP contribution in [0.1, 0.15) is 44.6 Å². The van der Waals surface area contributed by atoms with Crippen LogP contribution in [-0.2, 0) is 5.60 Å². The molecule has 1 aliphatic carbocycles. The van der Waals surface area contributed by atoms with E-state index in [1.165, 1.54) is 6.42 Å². The SMILES string of the molecule is CCC1CCC(O)(c2ccoc2)CC1. The van der Waals surface area contributed by atoms with E-state index in [-0.39, 0.29) is 0 Å². The van der Waals surface area contributed by atoms with E-state index in [4.69, 9.17) is 4.42 Å². The molecule has 0 bridgehead atoms. The molecule has 0 aliphatic heterocycles. The van der Waals surface area contributed by atoms with Crippen molar-refractivity contribution in [2.45, 2.75) is 44.6 Å². The predicted molar refractivity (Wildman–Crippen MR) is 54.9 cm³/mol. The molecular formula is C12H18O2. The Morgan fingerprint density at radius 1 is 1.50 bits per heavy atom. The highest BCUT2D eigenvalue weighted by atomic mass is 16.3. The minimum atomic E-state index is -0.612. The predicted octanol–water partition coefficient (Wildman–Crippen LogP) is 3.07. The molecular weight excluding hydrogens is 176 g/mol. The Morgan fingerprint density at radius 3 is 2.71 bits per heavy atom. The van der Waals surface area contributed by atoms with Crippen LogP contribution in [0.5, 0.6) is 0 Å². The highest BCUT2D eigenvalue weighted by Gasteiger charge is 2.34. The summed E-state index contributed by atoms with van der Waals surface area (Å²) in [4.78, 5) is 0. The average molecular weight is 194 g/mol. The Bertz CT molecular complexity index is 269. The molecule has 1 heterocycles. The molecule has 0 aromatic carbocycles. The second-order valence-electron chi connectivity index (χ2n) is 4.40. The van der Waals surface area contributed by atoms with E-state index in [1.54, 1.807) is 12.5 Å². The smallest absolute Gasteiger partial charge is 0.0963 e. The molecule has 1 aliphatic rings. The monoisotopic (exact) mass is 194 g/mol. The molecule has 1 aromatic rings. The first-order valence-electron chi connectivity index (χ1n) is 5.49. The van der Waals surface area contributed by atoms with Crippen molar-refractivity contribution in [2.75, 3.05) is 0 Å². The molecule has 0 atom stereocenters. The van der Waals surface area contributed by atoms with Crippen LogP contribution in [0.3, 0.4) is 0 Å². The van der Waals surface area contributed by atoms with E-state index in [0.717, 1.165) is 37.2 Å². The minimum absolute atomic E-state index is 0.612. The maximum Gasteiger partial charge on any atom is 0.0963 e. The van der Waals surface area contributed by atoms with Gasteiger partial charge >= 0.3 is 0 Å². The van der Waals surface area contributed by atoms with Crippen LogP contribution in [0, 0.1) is 5.92 Å². The lowest BCUT2D eigenvalue weighted by Gasteiger charge is -2.35. The van der Waals surface area contributed by atoms with Crippen molar-refractivity contribution in [3.8, 4) is 0 Å². The number of furan rings is 1. The van der Waals surface area contributed by atoms with Crippen molar-refractivity contribution in [2.24, 2.45) is 5.92 Å². The zero-order valence-corrected chi connectivity index (χ0v) is 8.70. The van der Waals surface area contributed by atoms with E-state index in [0.29, 0.717) is 0 Å². The van der Waals surface area contributed by atoms with Crippen LogP contribution in [0.2, 0.25) is 0 Å². The van der Waals surface area contributed by atoms with Gasteiger partial charge < -0.3 is 9.52 Å². The molecule has 0 spiro atoms. The van der Waals surface area contributed by atoms with E-state index >= 15 is 0 Å². The highest BCUT2D eigenvalue weighted by molar-refractivity contribution is 5.16. The van der Waals surface area contributed by atoms with Gasteiger partial charge in [-0.2, -0.15) is 0 Å². The average Bonchev–Trinajstić information content (AvgIpc) is 2.72. The standard InChI is InChI=1S/C12H18O2/c1-2-10-3-6-12(13,7-4-10)11-5-8-14-9-11/h5,8-10,13H,2-4,6-7H2,1H3. The van der Waals surface area contributed by atoms with Crippen molar-refractivity contribution in [1.82, 2.24) is 0 Å². The number of hydrogen-bond donors (Lipinski definition) is 1. The summed E-state index contributed by atoms with van der Waals surface area (Å²) in [7, 11) is 0. The van der Waals surface area contributed by atoms with Gasteiger partial charge in [-0.25, -0.2) is 0 Å². The second kappa shape index (κ2) is 3.77. The van der Waals surface area contributed by atoms with Gasteiger partial charge in [0.25, 0.3) is 0 Å². The van der Waals surface area contributed by atoms with Crippen molar-refractivity contribution in [3.05, 3.63) is 24.2 Å². The van der Waals surface area contributed by atoms with Crippen LogP contribution >= 0.6 is 0 Å². The molecule has 14 heavy (non-hydrogen) atoms. The number of rotatable bonds is 2. The number of aliphatic hydroxyl groups is 1. The van der Waals surface area contributed by atoms with Crippen molar-refractivity contribution < 1.29 is 9.52 Å². The molecule has 0 saturated heterocycles. The van der Waals surface area contributed by atoms with Crippen molar-refractivity contribution >= 4 is 0 Å². The largest absolute Gasteiger partial charge is 0.472 e. The van der Waals surface area contributed by atoms with Gasteiger partial charge in [-0.05, 0) is 37.7 Å². The second-order valence-corrected chi connectivity index (χ2v) is 4.40. The molecule has 1 N–H and O–H groups in total. The van der Waals surface area contributed by atoms with Crippen molar-refractivity contribution in [1.29, 1.82) is 0 Å². The van der Waals surface area contributed by atoms with Crippen LogP contribution in [0.25, 0.3) is 0 Å². The van der Waals surface area contributed by atoms with Gasteiger partial charge in [-0.15, -0.1) is 0 Å². The number of hydrogen-bond acceptors (Lipinski definition) is 2. The molecule has 0 radical (unpaired) electrons. The van der Waals surface area contributed by atoms with Crippen molar-refractivity contribution in [3.63, 3.8) is 0 Å². The normalized spacial score (nSPS) is 33.1. The molecule has 2 rings (SSSR count). The van der Waals surface area contributed by atoms with Crippen LogP contribution < -0.4 is 0 Å². The van der Waals surface area contributed by atoms with Gasteiger partial charge in [-0.1, -0.05) is 13.3 Å². The van der Waals surface area contributed by atoms with Gasteiger partial charge in [0.2, 0.25) is 0 Å². The molecule has 1 aromatic heterocycles. The van der Waals surface area contributed by atoms with E-state index < -0.39 is 5.60 Å². The maximum atomic E-state index is 10.4. The molecule has 1 saturated carbocycles. The molecule has 2 heteroatoms. The van der Waals surface area contributed by atoms with E-state index in [9.17, 15) is 5.11 Å². The third-order valence-electron chi connectivity index (χ3n) is 3.57. The third-order valence-corrected chi connectivity index (χ3v) is 3.57. The summed E-state index contributed by atoms with van der Waals surface area (Å²) in [6.07, 6.45) is 8.58. The topological polar surface area (TPSA) is 33.4 Å². The van der Waals surface area contributed by atoms with E-state index in [1.807, 2.05) is 6.07 Å². The van der Waals surface area contributed by atoms with Crippen LogP contribution in [0.4, 0.5) is 0 Å². The first kappa shape index (κ1) is 9.78. The zero-order chi connectivity index (χ0) is 10.0. The Morgan fingerprint density at radius 2 is 2.21 bits per heavy atom. The fraction of sp³-hybridized carbons (Fsp3) is 0.667. The lowest BCUT2D eigenvalue weighted by Crippen LogP contribution is -2.30. The Labute approximate surface area is 84.9 Å². The highest BCUT2D eigenvalue weighted by Crippen LogP contribution is 2.40. The fourth-order valence-corrected chi connectivity index (χ4v) is 2.38. The maximum absolute atomic E-state index is 10.4. The first-order valence-corrected chi connectivity index (χ1v) is 5.49. The van der Waals surface area contributed by atoms with Crippen LogP contribution in [-0.4, -0.2) is 5.11 Å². The summed E-state index contributed by atoms with van der Waals surface area (Å²) in [5.74, 6) is 0.808. The van der Waals surface area contributed by atoms with Gasteiger partial charge in [-0.3, -0.25) is 0 Å². The van der Waals surface area contributed by atoms with Gasteiger partial charge in [0.15, 0.2) is 0 Å². The summed E-state index contributed by atoms with van der Waals surface area (Å²) in [6, 6.07) is 1.88. The molecule has 0 amide bonds. The Balaban J connectivity index is 2.06. The summed E-state index contributed by atoms with van der Waals surface area (Å²) < 4.78 is 5.03. The molecule has 0 unspecified atom stereocenters. The summed E-state index contributed by atoms with van der Waals surface area (Å²) in [6.45, 7) is 2.23. The van der Waals surface area contributed by atoms with Gasteiger partial charge in [0, 0.05) is 5.56 Å². The molecule has 2 nitrogen and oxygen atoms in total. The molecule has 1 fully saturated rings. The minimum Gasteiger partial charge on any atom is -0.472 e. The first-order chi connectivity index (χ1) is 6.74. The van der Waals surface area contributed by atoms with Crippen LogP contribution in [0.15, 0.2) is 23.0 Å². The zero-order valence-electron chi connectivity index (χ0n) is 8.70.